The zero-order valence-electron chi connectivity index (χ0n) is 13.9. The second-order valence-corrected chi connectivity index (χ2v) is 5.84. The third-order valence-corrected chi connectivity index (χ3v) is 3.89. The van der Waals surface area contributed by atoms with E-state index >= 15 is 0 Å². The van der Waals surface area contributed by atoms with Gasteiger partial charge in [-0.3, -0.25) is 4.79 Å². The zero-order valence-corrected chi connectivity index (χ0v) is 13.9. The molecule has 5 nitrogen and oxygen atoms in total. The highest BCUT2D eigenvalue weighted by Crippen LogP contribution is 2.25. The van der Waals surface area contributed by atoms with Crippen molar-refractivity contribution in [2.75, 3.05) is 0 Å². The van der Waals surface area contributed by atoms with E-state index < -0.39 is 11.9 Å². The van der Waals surface area contributed by atoms with E-state index in [0.717, 1.165) is 22.8 Å². The number of carbonyl (C=O) groups is 1. The Morgan fingerprint density at radius 2 is 1.80 bits per heavy atom. The van der Waals surface area contributed by atoms with Gasteiger partial charge in [0.25, 0.3) is 0 Å². The Morgan fingerprint density at radius 3 is 2.48 bits per heavy atom. The van der Waals surface area contributed by atoms with Crippen molar-refractivity contribution in [3.05, 3.63) is 66.8 Å². The molecule has 0 saturated heterocycles. The van der Waals surface area contributed by atoms with Gasteiger partial charge < -0.3 is 14.3 Å². The second-order valence-electron chi connectivity index (χ2n) is 5.84. The summed E-state index contributed by atoms with van der Waals surface area (Å²) in [5.41, 5.74) is 1.64. The van der Waals surface area contributed by atoms with Gasteiger partial charge in [0.2, 0.25) is 0 Å². The smallest absolute Gasteiger partial charge is 0.306 e. The molecule has 1 heterocycles. The molecule has 3 aromatic rings. The first kappa shape index (κ1) is 16.8. The van der Waals surface area contributed by atoms with Crippen LogP contribution in [0.1, 0.15) is 19.2 Å². The Bertz CT molecular complexity index is 824. The molecule has 0 saturated carbocycles. The minimum atomic E-state index is -0.805. The molecule has 0 fully saturated rings. The van der Waals surface area contributed by atoms with Crippen molar-refractivity contribution in [2.24, 2.45) is 5.92 Å². The lowest BCUT2D eigenvalue weighted by Crippen LogP contribution is -2.10. The number of carboxylic acids is 1. The molecule has 0 bridgehead atoms. The van der Waals surface area contributed by atoms with Crippen LogP contribution >= 0.6 is 0 Å². The van der Waals surface area contributed by atoms with Crippen molar-refractivity contribution in [3.63, 3.8) is 0 Å². The monoisotopic (exact) mass is 337 g/mol. The maximum Gasteiger partial charge on any atom is 0.306 e. The van der Waals surface area contributed by atoms with E-state index in [1.165, 1.54) is 0 Å². The van der Waals surface area contributed by atoms with Crippen molar-refractivity contribution < 1.29 is 19.1 Å². The predicted molar refractivity (Wildman–Crippen MR) is 93.6 cm³/mol. The van der Waals surface area contributed by atoms with Gasteiger partial charge in [-0.1, -0.05) is 25.1 Å². The van der Waals surface area contributed by atoms with Crippen molar-refractivity contribution in [3.8, 4) is 22.8 Å². The third kappa shape index (κ3) is 4.47. The largest absolute Gasteiger partial charge is 0.481 e. The molecule has 0 radical (unpaired) electrons. The van der Waals surface area contributed by atoms with Gasteiger partial charge in [-0.25, -0.2) is 4.98 Å². The molecule has 1 aromatic heterocycles. The molecule has 25 heavy (non-hydrogen) atoms. The van der Waals surface area contributed by atoms with Crippen LogP contribution in [0, 0.1) is 5.92 Å². The number of oxazole rings is 1. The SMILES string of the molecule is CC(CCc1nc(-c2ccc(Oc3ccccc3)cc2)co1)C(=O)O. The number of aromatic nitrogens is 1. The summed E-state index contributed by atoms with van der Waals surface area (Å²) in [5.74, 6) is 0.860. The van der Waals surface area contributed by atoms with E-state index in [2.05, 4.69) is 4.98 Å². The van der Waals surface area contributed by atoms with Crippen LogP contribution in [0.2, 0.25) is 0 Å². The molecule has 1 unspecified atom stereocenters. The second kappa shape index (κ2) is 7.66. The molecular formula is C20H19NO4. The minimum Gasteiger partial charge on any atom is -0.481 e. The van der Waals surface area contributed by atoms with Crippen LogP contribution in [0.4, 0.5) is 0 Å². The van der Waals surface area contributed by atoms with Crippen LogP contribution in [-0.4, -0.2) is 16.1 Å². The molecule has 5 heteroatoms. The van der Waals surface area contributed by atoms with Gasteiger partial charge in [-0.15, -0.1) is 0 Å². The van der Waals surface area contributed by atoms with Gasteiger partial charge in [0.1, 0.15) is 23.5 Å². The lowest BCUT2D eigenvalue weighted by molar-refractivity contribution is -0.141. The standard InChI is InChI=1S/C20H19NO4/c1-14(20(22)23)7-12-19-21-18(13-24-19)15-8-10-17(11-9-15)25-16-5-3-2-4-6-16/h2-6,8-11,13-14H,7,12H2,1H3,(H,22,23). The van der Waals surface area contributed by atoms with Crippen molar-refractivity contribution in [2.45, 2.75) is 19.8 Å². The van der Waals surface area contributed by atoms with Crippen molar-refractivity contribution in [1.29, 1.82) is 0 Å². The average molecular weight is 337 g/mol. The van der Waals surface area contributed by atoms with Crippen molar-refractivity contribution >= 4 is 5.97 Å². The van der Waals surface area contributed by atoms with E-state index in [9.17, 15) is 4.79 Å². The molecule has 1 atom stereocenters. The Hall–Kier alpha value is -3.08. The van der Waals surface area contributed by atoms with Crippen LogP contribution in [0.5, 0.6) is 11.5 Å². The molecule has 3 rings (SSSR count). The highest BCUT2D eigenvalue weighted by molar-refractivity contribution is 5.69. The molecule has 0 aliphatic carbocycles. The number of hydrogen-bond acceptors (Lipinski definition) is 4. The summed E-state index contributed by atoms with van der Waals surface area (Å²) in [4.78, 5) is 15.3. The van der Waals surface area contributed by atoms with Crippen LogP contribution in [0.3, 0.4) is 0 Å². The number of aliphatic carboxylic acids is 1. The molecule has 0 spiro atoms. The first-order valence-electron chi connectivity index (χ1n) is 8.12. The maximum atomic E-state index is 10.8. The lowest BCUT2D eigenvalue weighted by atomic mass is 10.1. The predicted octanol–water partition coefficient (Wildman–Crippen LogP) is 4.79. The zero-order chi connectivity index (χ0) is 17.6. The van der Waals surface area contributed by atoms with Crippen LogP contribution in [0.15, 0.2) is 65.3 Å². The van der Waals surface area contributed by atoms with E-state index in [1.807, 2.05) is 54.6 Å². The highest BCUT2D eigenvalue weighted by Gasteiger charge is 2.13. The number of rotatable bonds is 7. The Kier molecular flexibility index (Phi) is 5.14. The highest BCUT2D eigenvalue weighted by atomic mass is 16.5. The summed E-state index contributed by atoms with van der Waals surface area (Å²) >= 11 is 0. The third-order valence-electron chi connectivity index (χ3n) is 3.89. The molecule has 0 aliphatic heterocycles. The number of para-hydroxylation sites is 1. The van der Waals surface area contributed by atoms with Gasteiger partial charge >= 0.3 is 5.97 Å². The Labute approximate surface area is 145 Å². The lowest BCUT2D eigenvalue weighted by Gasteiger charge is -2.05. The normalized spacial score (nSPS) is 11.9. The van der Waals surface area contributed by atoms with Gasteiger partial charge in [-0.2, -0.15) is 0 Å². The molecule has 1 N–H and O–H groups in total. The van der Waals surface area contributed by atoms with E-state index in [0.29, 0.717) is 18.7 Å². The quantitative estimate of drug-likeness (QED) is 0.671. The Balaban J connectivity index is 1.63. The van der Waals surface area contributed by atoms with E-state index in [-0.39, 0.29) is 0 Å². The van der Waals surface area contributed by atoms with Gasteiger partial charge in [-0.05, 0) is 42.8 Å². The summed E-state index contributed by atoms with van der Waals surface area (Å²) < 4.78 is 11.2. The number of benzene rings is 2. The first-order valence-corrected chi connectivity index (χ1v) is 8.12. The van der Waals surface area contributed by atoms with Crippen LogP contribution in [0.25, 0.3) is 11.3 Å². The van der Waals surface area contributed by atoms with Gasteiger partial charge in [0.05, 0.1) is 5.92 Å². The summed E-state index contributed by atoms with van der Waals surface area (Å²) in [5, 5.41) is 8.91. The average Bonchev–Trinajstić information content (AvgIpc) is 3.10. The van der Waals surface area contributed by atoms with Crippen LogP contribution < -0.4 is 4.74 Å². The van der Waals surface area contributed by atoms with E-state index in [4.69, 9.17) is 14.3 Å². The Morgan fingerprint density at radius 1 is 1.12 bits per heavy atom. The number of hydrogen-bond donors (Lipinski definition) is 1. The van der Waals surface area contributed by atoms with E-state index in [1.54, 1.807) is 13.2 Å². The molecule has 128 valence electrons. The van der Waals surface area contributed by atoms with Gasteiger partial charge in [0, 0.05) is 12.0 Å². The summed E-state index contributed by atoms with van der Waals surface area (Å²) in [6.07, 6.45) is 2.59. The summed E-state index contributed by atoms with van der Waals surface area (Å²) in [7, 11) is 0. The minimum absolute atomic E-state index is 0.412. The fraction of sp³-hybridized carbons (Fsp3) is 0.200. The van der Waals surface area contributed by atoms with Crippen LogP contribution in [-0.2, 0) is 11.2 Å². The first-order chi connectivity index (χ1) is 12.1. The van der Waals surface area contributed by atoms with Crippen molar-refractivity contribution in [1.82, 2.24) is 4.98 Å². The van der Waals surface area contributed by atoms with Gasteiger partial charge in [0.15, 0.2) is 5.89 Å². The molecule has 2 aromatic carbocycles. The maximum absolute atomic E-state index is 10.8. The molecule has 0 aliphatic rings. The molecule has 0 amide bonds. The fourth-order valence-electron chi connectivity index (χ4n) is 2.34. The summed E-state index contributed by atoms with van der Waals surface area (Å²) in [6.45, 7) is 1.68. The fourth-order valence-corrected chi connectivity index (χ4v) is 2.34. The number of aryl methyl sites for hydroxylation is 1. The molecular weight excluding hydrogens is 318 g/mol. The summed E-state index contributed by atoms with van der Waals surface area (Å²) in [6, 6.07) is 17.2. The number of nitrogens with zero attached hydrogens (tertiary/aromatic N) is 1. The topological polar surface area (TPSA) is 72.6 Å². The number of carboxylic acid groups (broad SMARTS) is 1. The number of ether oxygens (including phenoxy) is 1.